The summed E-state index contributed by atoms with van der Waals surface area (Å²) in [6, 6.07) is 16.0. The van der Waals surface area contributed by atoms with Crippen LogP contribution in [0, 0.1) is 32.8 Å². The second-order valence-electron chi connectivity index (χ2n) is 6.59. The van der Waals surface area contributed by atoms with Gasteiger partial charge in [-0.25, -0.2) is 0 Å². The molecule has 0 fully saturated rings. The van der Waals surface area contributed by atoms with Gasteiger partial charge in [0.1, 0.15) is 26.1 Å². The average molecular weight is 464 g/mol. The zero-order valence-corrected chi connectivity index (χ0v) is 18.0. The van der Waals surface area contributed by atoms with Crippen LogP contribution in [-0.4, -0.2) is 43.2 Å². The number of rotatable bonds is 12. The zero-order chi connectivity index (χ0) is 24.8. The van der Waals surface area contributed by atoms with Crippen LogP contribution in [0.4, 0.5) is 22.7 Å². The quantitative estimate of drug-likeness (QED) is 0.196. The highest BCUT2D eigenvalue weighted by Crippen LogP contribution is 2.23. The lowest BCUT2D eigenvalue weighted by molar-refractivity contribution is -0.384. The lowest BCUT2D eigenvalue weighted by Gasteiger charge is -2.24. The molecule has 0 N–H and O–H groups in total. The molecule has 0 amide bonds. The molecule has 0 aromatic heterocycles. The van der Waals surface area contributed by atoms with E-state index in [-0.39, 0.29) is 44.8 Å². The van der Waals surface area contributed by atoms with Crippen molar-refractivity contribution in [3.05, 3.63) is 58.6 Å². The van der Waals surface area contributed by atoms with Crippen molar-refractivity contribution in [1.82, 2.24) is 0 Å². The molecule has 0 unspecified atom stereocenters. The molecule has 12 nitrogen and oxygen atoms in total. The van der Waals surface area contributed by atoms with Gasteiger partial charge in [-0.15, -0.1) is 0 Å². The number of benzene rings is 2. The monoisotopic (exact) mass is 464 g/mol. The van der Waals surface area contributed by atoms with E-state index in [1.54, 1.807) is 41.3 Å². The molecule has 12 heteroatoms. The largest absolute Gasteiger partial charge is 0.463 e. The van der Waals surface area contributed by atoms with E-state index in [0.717, 1.165) is 5.69 Å². The molecule has 0 aliphatic heterocycles. The van der Waals surface area contributed by atoms with Crippen molar-refractivity contribution < 1.29 is 24.0 Å². The van der Waals surface area contributed by atoms with E-state index in [1.807, 2.05) is 0 Å². The van der Waals surface area contributed by atoms with Crippen LogP contribution in [0.15, 0.2) is 58.8 Å². The molecule has 0 aliphatic carbocycles. The molecule has 0 atom stereocenters. The zero-order valence-electron chi connectivity index (χ0n) is 18.0. The maximum absolute atomic E-state index is 11.4. The van der Waals surface area contributed by atoms with E-state index < -0.39 is 16.9 Å². The number of azo groups is 1. The minimum Gasteiger partial charge on any atom is -0.463 e. The van der Waals surface area contributed by atoms with E-state index in [1.165, 1.54) is 24.3 Å². The van der Waals surface area contributed by atoms with Gasteiger partial charge in [0.25, 0.3) is 5.69 Å². The molecule has 2 aromatic rings. The fraction of sp³-hybridized carbons (Fsp3) is 0.273. The van der Waals surface area contributed by atoms with Crippen molar-refractivity contribution in [2.45, 2.75) is 12.8 Å². The van der Waals surface area contributed by atoms with Gasteiger partial charge in [-0.2, -0.15) is 20.8 Å². The summed E-state index contributed by atoms with van der Waals surface area (Å²) in [5.41, 5.74) is 1.67. The minimum absolute atomic E-state index is 0.0221. The van der Waals surface area contributed by atoms with Crippen LogP contribution in [-0.2, 0) is 19.1 Å². The highest BCUT2D eigenvalue weighted by molar-refractivity contribution is 5.72. The standard InChI is InChI=1S/C22H20N6O6/c23-11-9-21(29)33-15-13-27(14-16-34-22(30)10-12-24)19-5-1-17(2-6-19)25-26-18-3-7-20(8-4-18)28(31)32/h1-8H,9-10,13-16H2. The Hall–Kier alpha value is -4.84. The summed E-state index contributed by atoms with van der Waals surface area (Å²) in [6.07, 6.45) is -0.694. The summed E-state index contributed by atoms with van der Waals surface area (Å²) in [7, 11) is 0. The number of non-ortho nitro benzene ring substituents is 1. The first-order valence-electron chi connectivity index (χ1n) is 9.99. The summed E-state index contributed by atoms with van der Waals surface area (Å²) in [6.45, 7) is 0.593. The Morgan fingerprint density at radius 2 is 1.29 bits per heavy atom. The molecule has 0 saturated carbocycles. The number of hydrogen-bond donors (Lipinski definition) is 0. The van der Waals surface area contributed by atoms with Crippen LogP contribution in [0.5, 0.6) is 0 Å². The fourth-order valence-electron chi connectivity index (χ4n) is 2.63. The van der Waals surface area contributed by atoms with E-state index in [4.69, 9.17) is 20.0 Å². The van der Waals surface area contributed by atoms with Gasteiger partial charge < -0.3 is 14.4 Å². The third-order valence-electron chi connectivity index (χ3n) is 4.25. The Morgan fingerprint density at radius 3 is 1.71 bits per heavy atom. The molecule has 34 heavy (non-hydrogen) atoms. The van der Waals surface area contributed by atoms with E-state index in [9.17, 15) is 19.7 Å². The molecule has 0 radical (unpaired) electrons. The normalized spacial score (nSPS) is 10.2. The molecular formula is C22H20N6O6. The van der Waals surface area contributed by atoms with Gasteiger partial charge in [0.15, 0.2) is 0 Å². The summed E-state index contributed by atoms with van der Waals surface area (Å²) in [5, 5.41) is 35.9. The second-order valence-corrected chi connectivity index (χ2v) is 6.59. The second kappa shape index (κ2) is 13.5. The minimum atomic E-state index is -0.634. The van der Waals surface area contributed by atoms with E-state index in [2.05, 4.69) is 10.2 Å². The number of nitrogens with zero attached hydrogens (tertiary/aromatic N) is 6. The molecule has 0 spiro atoms. The SMILES string of the molecule is N#CCC(=O)OCCN(CCOC(=O)CC#N)c1ccc(N=Nc2ccc([N+](=O)[O-])cc2)cc1. The van der Waals surface area contributed by atoms with Crippen molar-refractivity contribution in [2.24, 2.45) is 10.2 Å². The van der Waals surface area contributed by atoms with Crippen LogP contribution >= 0.6 is 0 Å². The maximum atomic E-state index is 11.4. The smallest absolute Gasteiger partial charge is 0.320 e. The maximum Gasteiger partial charge on any atom is 0.320 e. The van der Waals surface area contributed by atoms with Gasteiger partial charge in [-0.3, -0.25) is 19.7 Å². The van der Waals surface area contributed by atoms with Crippen molar-refractivity contribution in [1.29, 1.82) is 10.5 Å². The Balaban J connectivity index is 2.03. The number of nitriles is 2. The third kappa shape index (κ3) is 8.72. The molecule has 0 aliphatic rings. The van der Waals surface area contributed by atoms with E-state index in [0.29, 0.717) is 11.4 Å². The first-order valence-corrected chi connectivity index (χ1v) is 9.99. The predicted molar refractivity (Wildman–Crippen MR) is 118 cm³/mol. The van der Waals surface area contributed by atoms with Gasteiger partial charge >= 0.3 is 11.9 Å². The molecular weight excluding hydrogens is 444 g/mol. The van der Waals surface area contributed by atoms with Crippen LogP contribution < -0.4 is 4.90 Å². The third-order valence-corrected chi connectivity index (χ3v) is 4.25. The first-order chi connectivity index (χ1) is 16.4. The Labute approximate surface area is 194 Å². The molecule has 0 heterocycles. The Kier molecular flexibility index (Phi) is 10.1. The van der Waals surface area contributed by atoms with Crippen molar-refractivity contribution in [3.8, 4) is 12.1 Å². The van der Waals surface area contributed by atoms with Crippen molar-refractivity contribution in [3.63, 3.8) is 0 Å². The van der Waals surface area contributed by atoms with Gasteiger partial charge in [0.05, 0.1) is 41.5 Å². The van der Waals surface area contributed by atoms with Crippen LogP contribution in [0.2, 0.25) is 0 Å². The topological polar surface area (TPSA) is 171 Å². The highest BCUT2D eigenvalue weighted by Gasteiger charge is 2.11. The number of carbonyl (C=O) groups is 2. The summed E-state index contributed by atoms with van der Waals surface area (Å²) in [4.78, 5) is 34.8. The number of nitro benzene ring substituents is 1. The molecule has 2 rings (SSSR count). The van der Waals surface area contributed by atoms with Crippen LogP contribution in [0.25, 0.3) is 0 Å². The summed E-state index contributed by atoms with van der Waals surface area (Å²) < 4.78 is 10.0. The number of esters is 2. The van der Waals surface area contributed by atoms with Gasteiger partial charge in [0, 0.05) is 17.8 Å². The first kappa shape index (κ1) is 25.4. The van der Waals surface area contributed by atoms with Crippen LogP contribution in [0.3, 0.4) is 0 Å². The summed E-state index contributed by atoms with van der Waals surface area (Å²) in [5.74, 6) is -1.27. The van der Waals surface area contributed by atoms with Crippen molar-refractivity contribution >= 4 is 34.7 Å². The highest BCUT2D eigenvalue weighted by atomic mass is 16.6. The number of anilines is 1. The van der Waals surface area contributed by atoms with Gasteiger partial charge in [0.2, 0.25) is 0 Å². The Bertz CT molecular complexity index is 1070. The lowest BCUT2D eigenvalue weighted by Crippen LogP contribution is -2.32. The van der Waals surface area contributed by atoms with Crippen molar-refractivity contribution in [2.75, 3.05) is 31.2 Å². The average Bonchev–Trinajstić information content (AvgIpc) is 2.83. The summed E-state index contributed by atoms with van der Waals surface area (Å²) >= 11 is 0. The van der Waals surface area contributed by atoms with E-state index >= 15 is 0 Å². The lowest BCUT2D eigenvalue weighted by atomic mass is 10.2. The molecule has 0 bridgehead atoms. The van der Waals surface area contributed by atoms with Crippen LogP contribution in [0.1, 0.15) is 12.8 Å². The van der Waals surface area contributed by atoms with Gasteiger partial charge in [-0.05, 0) is 36.4 Å². The number of nitro groups is 1. The van der Waals surface area contributed by atoms with Gasteiger partial charge in [-0.1, -0.05) is 0 Å². The Morgan fingerprint density at radius 1 is 0.853 bits per heavy atom. The molecule has 174 valence electrons. The molecule has 0 saturated heterocycles. The number of ether oxygens (including phenoxy) is 2. The predicted octanol–water partition coefficient (Wildman–Crippen LogP) is 3.73. The number of hydrogen-bond acceptors (Lipinski definition) is 11. The fourth-order valence-corrected chi connectivity index (χ4v) is 2.63. The molecule has 2 aromatic carbocycles. The number of carbonyl (C=O) groups excluding carboxylic acids is 2.